The molecule has 1 heterocycles. The minimum atomic E-state index is -0.770. The Kier molecular flexibility index (Phi) is 10.3. The molecule has 0 bridgehead atoms. The lowest BCUT2D eigenvalue weighted by molar-refractivity contribution is 0.146. The van der Waals surface area contributed by atoms with Crippen LogP contribution < -0.4 is 10.1 Å². The maximum atomic E-state index is 12.0. The van der Waals surface area contributed by atoms with Crippen molar-refractivity contribution in [3.63, 3.8) is 0 Å². The first-order valence-electron chi connectivity index (χ1n) is 11.1. The quantitative estimate of drug-likeness (QED) is 0.222. The maximum absolute atomic E-state index is 12.0. The number of carbonyl (C=O) groups is 2. The van der Waals surface area contributed by atoms with Crippen LogP contribution in [0.4, 0.5) is 15.3 Å². The largest absolute Gasteiger partial charge is 0.449 e. The molecule has 10 heteroatoms. The van der Waals surface area contributed by atoms with E-state index in [1.807, 2.05) is 97.4 Å². The molecule has 1 aromatic heterocycles. The highest BCUT2D eigenvalue weighted by Crippen LogP contribution is 2.21. The van der Waals surface area contributed by atoms with E-state index in [1.54, 1.807) is 0 Å². The van der Waals surface area contributed by atoms with Crippen LogP contribution in [0.25, 0.3) is 10.2 Å². The van der Waals surface area contributed by atoms with Gasteiger partial charge >= 0.3 is 11.5 Å². The molecule has 1 N–H and O–H groups in total. The molecular formula is C26H26ClN3O5S. The van der Waals surface area contributed by atoms with Gasteiger partial charge in [-0.1, -0.05) is 77.2 Å². The first-order chi connectivity index (χ1) is 17.5. The van der Waals surface area contributed by atoms with E-state index in [0.717, 1.165) is 26.1 Å². The van der Waals surface area contributed by atoms with E-state index in [4.69, 9.17) is 21.2 Å². The fourth-order valence-corrected chi connectivity index (χ4v) is 4.08. The van der Waals surface area contributed by atoms with Crippen molar-refractivity contribution in [3.8, 4) is 0 Å². The first-order valence-corrected chi connectivity index (χ1v) is 12.2. The SMILES string of the molecule is CCO/N=c1\sc2cc(NC(=O)OCc3ccccc3)ccc2n1C.O=C(Cl)OCc1ccccc1. The molecule has 0 aliphatic carbocycles. The van der Waals surface area contributed by atoms with Gasteiger partial charge in [-0.2, -0.15) is 0 Å². The minimum absolute atomic E-state index is 0.236. The van der Waals surface area contributed by atoms with Crippen LogP contribution in [0.3, 0.4) is 0 Å². The Balaban J connectivity index is 0.000000275. The third-order valence-electron chi connectivity index (χ3n) is 4.74. The Morgan fingerprint density at radius 3 is 2.14 bits per heavy atom. The van der Waals surface area contributed by atoms with Gasteiger partial charge in [-0.05, 0) is 36.2 Å². The van der Waals surface area contributed by atoms with Gasteiger partial charge in [0.05, 0.1) is 10.2 Å². The summed E-state index contributed by atoms with van der Waals surface area (Å²) in [6.45, 7) is 2.89. The Hall–Kier alpha value is -3.82. The summed E-state index contributed by atoms with van der Waals surface area (Å²) in [7, 11) is 1.93. The molecule has 4 rings (SSSR count). The van der Waals surface area contributed by atoms with Gasteiger partial charge in [0.25, 0.3) is 0 Å². The zero-order valence-corrected chi connectivity index (χ0v) is 21.4. The van der Waals surface area contributed by atoms with E-state index in [0.29, 0.717) is 12.3 Å². The number of hydrogen-bond acceptors (Lipinski definition) is 7. The zero-order valence-electron chi connectivity index (χ0n) is 19.8. The van der Waals surface area contributed by atoms with Crippen molar-refractivity contribution in [1.29, 1.82) is 0 Å². The number of aryl methyl sites for hydroxylation is 1. The summed E-state index contributed by atoms with van der Waals surface area (Å²) >= 11 is 6.46. The Labute approximate surface area is 217 Å². The molecule has 0 saturated carbocycles. The molecule has 1 amide bonds. The van der Waals surface area contributed by atoms with E-state index in [1.165, 1.54) is 11.3 Å². The minimum Gasteiger partial charge on any atom is -0.449 e. The van der Waals surface area contributed by atoms with E-state index < -0.39 is 11.5 Å². The molecular weight excluding hydrogens is 502 g/mol. The molecule has 0 fully saturated rings. The monoisotopic (exact) mass is 527 g/mol. The fraction of sp³-hybridized carbons (Fsp3) is 0.192. The molecule has 0 aliphatic heterocycles. The number of nitrogens with one attached hydrogen (secondary N) is 1. The summed E-state index contributed by atoms with van der Waals surface area (Å²) in [4.78, 5) is 28.0. The summed E-state index contributed by atoms with van der Waals surface area (Å²) < 4.78 is 12.7. The van der Waals surface area contributed by atoms with Gasteiger partial charge in [0.2, 0.25) is 4.80 Å². The molecule has 0 unspecified atom stereocenters. The number of carbonyl (C=O) groups excluding carboxylic acids is 2. The fourth-order valence-electron chi connectivity index (χ4n) is 3.01. The van der Waals surface area contributed by atoms with Gasteiger partial charge in [-0.3, -0.25) is 5.32 Å². The van der Waals surface area contributed by atoms with E-state index >= 15 is 0 Å². The van der Waals surface area contributed by atoms with Crippen molar-refractivity contribution in [2.24, 2.45) is 12.2 Å². The number of hydrogen-bond donors (Lipinski definition) is 1. The number of aromatic nitrogens is 1. The zero-order chi connectivity index (χ0) is 25.8. The van der Waals surface area contributed by atoms with Gasteiger partial charge in [-0.15, -0.1) is 0 Å². The molecule has 0 atom stereocenters. The number of ether oxygens (including phenoxy) is 2. The number of thiazole rings is 1. The normalized spacial score (nSPS) is 10.8. The molecule has 0 saturated heterocycles. The van der Waals surface area contributed by atoms with Gasteiger partial charge in [0.1, 0.15) is 19.8 Å². The van der Waals surface area contributed by atoms with Crippen LogP contribution in [0.1, 0.15) is 18.1 Å². The van der Waals surface area contributed by atoms with E-state index in [-0.39, 0.29) is 13.2 Å². The van der Waals surface area contributed by atoms with E-state index in [9.17, 15) is 9.59 Å². The molecule has 0 spiro atoms. The van der Waals surface area contributed by atoms with Crippen molar-refractivity contribution < 1.29 is 23.9 Å². The summed E-state index contributed by atoms with van der Waals surface area (Å²) in [6.07, 6.45) is -0.483. The highest BCUT2D eigenvalue weighted by atomic mass is 35.5. The lowest BCUT2D eigenvalue weighted by Crippen LogP contribution is -2.13. The highest BCUT2D eigenvalue weighted by Gasteiger charge is 2.08. The van der Waals surface area contributed by atoms with Crippen LogP contribution in [0.15, 0.2) is 84.0 Å². The number of halogens is 1. The van der Waals surface area contributed by atoms with Crippen molar-refractivity contribution >= 4 is 50.4 Å². The molecule has 3 aromatic carbocycles. The van der Waals surface area contributed by atoms with Gasteiger partial charge in [-0.25, -0.2) is 9.59 Å². The number of fused-ring (bicyclic) bond motifs is 1. The molecule has 4 aromatic rings. The Bertz CT molecular complexity index is 1340. The second-order valence-electron chi connectivity index (χ2n) is 7.33. The Morgan fingerprint density at radius 1 is 0.944 bits per heavy atom. The lowest BCUT2D eigenvalue weighted by Gasteiger charge is -2.07. The maximum Gasteiger partial charge on any atom is 0.411 e. The van der Waals surface area contributed by atoms with Crippen LogP contribution in [0, 0.1) is 0 Å². The lowest BCUT2D eigenvalue weighted by atomic mass is 10.2. The molecule has 188 valence electrons. The second-order valence-corrected chi connectivity index (χ2v) is 8.65. The predicted octanol–water partition coefficient (Wildman–Crippen LogP) is 6.40. The molecule has 36 heavy (non-hydrogen) atoms. The summed E-state index contributed by atoms with van der Waals surface area (Å²) in [5.74, 6) is 0. The Morgan fingerprint density at radius 2 is 1.56 bits per heavy atom. The summed E-state index contributed by atoms with van der Waals surface area (Å²) in [6, 6.07) is 24.6. The topological polar surface area (TPSA) is 91.1 Å². The van der Waals surface area contributed by atoms with Crippen LogP contribution >= 0.6 is 22.9 Å². The third kappa shape index (κ3) is 8.44. The summed E-state index contributed by atoms with van der Waals surface area (Å²) in [5, 5.41) is 6.84. The highest BCUT2D eigenvalue weighted by molar-refractivity contribution is 7.16. The second kappa shape index (κ2) is 13.9. The van der Waals surface area contributed by atoms with Crippen molar-refractivity contribution in [2.75, 3.05) is 11.9 Å². The van der Waals surface area contributed by atoms with Crippen molar-refractivity contribution in [1.82, 2.24) is 4.57 Å². The number of rotatable bonds is 7. The first kappa shape index (κ1) is 26.8. The molecule has 0 aliphatic rings. The average molecular weight is 528 g/mol. The predicted molar refractivity (Wildman–Crippen MR) is 141 cm³/mol. The molecule has 8 nitrogen and oxygen atoms in total. The van der Waals surface area contributed by atoms with Gasteiger partial charge < -0.3 is 18.9 Å². The number of amides is 1. The van der Waals surface area contributed by atoms with Gasteiger partial charge in [0, 0.05) is 24.3 Å². The van der Waals surface area contributed by atoms with Crippen LogP contribution in [0.2, 0.25) is 0 Å². The van der Waals surface area contributed by atoms with Crippen molar-refractivity contribution in [3.05, 3.63) is 94.8 Å². The average Bonchev–Trinajstić information content (AvgIpc) is 3.21. The third-order valence-corrected chi connectivity index (χ3v) is 5.92. The van der Waals surface area contributed by atoms with Crippen LogP contribution in [-0.2, 0) is 34.6 Å². The van der Waals surface area contributed by atoms with Crippen LogP contribution in [-0.4, -0.2) is 22.7 Å². The summed E-state index contributed by atoms with van der Waals surface area (Å²) in [5.41, 5.74) is 2.80. The molecule has 0 radical (unpaired) electrons. The van der Waals surface area contributed by atoms with Gasteiger partial charge in [0.15, 0.2) is 0 Å². The van der Waals surface area contributed by atoms with E-state index in [2.05, 4.69) is 15.2 Å². The van der Waals surface area contributed by atoms with Crippen molar-refractivity contribution in [2.45, 2.75) is 20.1 Å². The number of anilines is 1. The number of nitrogens with zero attached hydrogens (tertiary/aromatic N) is 2. The number of benzene rings is 3. The smallest absolute Gasteiger partial charge is 0.411 e. The standard InChI is InChI=1S/C18H19N3O3S.C8H7ClO2/c1-3-24-20-17-21(2)15-10-9-14(11-16(15)25-17)19-18(22)23-12-13-7-5-4-6-8-13;9-8(10)11-6-7-4-2-1-3-5-7/h4-11H,3,12H2,1-2H3,(H,19,22);1-5H,6H2/b20-17-;. The van der Waals surface area contributed by atoms with Crippen LogP contribution in [0.5, 0.6) is 0 Å².